The summed E-state index contributed by atoms with van der Waals surface area (Å²) in [5.41, 5.74) is 5.42. The molecular formula is C12H16BrFN2O2S. The van der Waals surface area contributed by atoms with Gasteiger partial charge in [0.25, 0.3) is 0 Å². The van der Waals surface area contributed by atoms with Crippen molar-refractivity contribution in [1.29, 1.82) is 0 Å². The van der Waals surface area contributed by atoms with Gasteiger partial charge in [0.15, 0.2) is 0 Å². The minimum atomic E-state index is -3.68. The molecule has 0 saturated heterocycles. The van der Waals surface area contributed by atoms with Gasteiger partial charge in [0.05, 0.1) is 10.6 Å². The van der Waals surface area contributed by atoms with Crippen LogP contribution in [0, 0.1) is 17.2 Å². The first-order valence-corrected chi connectivity index (χ1v) is 8.15. The second kappa shape index (κ2) is 4.71. The summed E-state index contributed by atoms with van der Waals surface area (Å²) in [6.07, 6.45) is 1.00. The highest BCUT2D eigenvalue weighted by molar-refractivity contribution is 9.10. The van der Waals surface area contributed by atoms with Crippen molar-refractivity contribution in [1.82, 2.24) is 4.72 Å². The van der Waals surface area contributed by atoms with Crippen molar-refractivity contribution >= 4 is 31.6 Å². The molecule has 1 atom stereocenters. The second-order valence-electron chi connectivity index (χ2n) is 5.55. The van der Waals surface area contributed by atoms with Crippen LogP contribution in [0.25, 0.3) is 0 Å². The highest BCUT2D eigenvalue weighted by Gasteiger charge is 2.45. The summed E-state index contributed by atoms with van der Waals surface area (Å²) in [5, 5.41) is 0. The van der Waals surface area contributed by atoms with E-state index in [1.807, 2.05) is 0 Å². The zero-order chi connectivity index (χ0) is 14.4. The Morgan fingerprint density at radius 3 is 2.63 bits per heavy atom. The van der Waals surface area contributed by atoms with E-state index < -0.39 is 15.8 Å². The number of nitrogen functional groups attached to an aromatic ring is 1. The second-order valence-corrected chi connectivity index (χ2v) is 8.14. The number of rotatable bonds is 4. The summed E-state index contributed by atoms with van der Waals surface area (Å²) in [6, 6.07) is 2.19. The van der Waals surface area contributed by atoms with Crippen LogP contribution in [0.2, 0.25) is 0 Å². The maximum absolute atomic E-state index is 13.2. The van der Waals surface area contributed by atoms with Gasteiger partial charge >= 0.3 is 0 Å². The fourth-order valence-corrected chi connectivity index (χ4v) is 4.09. The first kappa shape index (κ1) is 14.7. The minimum absolute atomic E-state index is 0.0372. The maximum Gasteiger partial charge on any atom is 0.241 e. The number of nitrogens with one attached hydrogen (secondary N) is 1. The molecule has 1 aromatic rings. The van der Waals surface area contributed by atoms with Gasteiger partial charge in [-0.3, -0.25) is 0 Å². The average Bonchev–Trinajstić information content (AvgIpc) is 2.89. The summed E-state index contributed by atoms with van der Waals surface area (Å²) in [6.45, 7) is 4.58. The third-order valence-corrected chi connectivity index (χ3v) is 5.96. The lowest BCUT2D eigenvalue weighted by molar-refractivity contribution is 0.537. The molecule has 0 heterocycles. The van der Waals surface area contributed by atoms with Gasteiger partial charge in [-0.05, 0) is 45.8 Å². The quantitative estimate of drug-likeness (QED) is 0.819. The van der Waals surface area contributed by atoms with Crippen molar-refractivity contribution in [3.63, 3.8) is 0 Å². The topological polar surface area (TPSA) is 72.2 Å². The predicted octanol–water partition coefficient (Wildman–Crippen LogP) is 2.49. The molecule has 1 saturated carbocycles. The molecule has 1 unspecified atom stereocenters. The highest BCUT2D eigenvalue weighted by atomic mass is 79.9. The van der Waals surface area contributed by atoms with Crippen molar-refractivity contribution in [2.75, 3.05) is 12.3 Å². The summed E-state index contributed by atoms with van der Waals surface area (Å²) >= 11 is 3.05. The Kier molecular flexibility index (Phi) is 3.66. The molecule has 1 aromatic carbocycles. The summed E-state index contributed by atoms with van der Waals surface area (Å²) in [7, 11) is -3.68. The number of hydrogen-bond acceptors (Lipinski definition) is 3. The normalized spacial score (nSPS) is 21.4. The van der Waals surface area contributed by atoms with Crippen molar-refractivity contribution in [2.24, 2.45) is 11.3 Å². The molecule has 0 aromatic heterocycles. The van der Waals surface area contributed by atoms with Gasteiger partial charge in [-0.2, -0.15) is 0 Å². The lowest BCUT2D eigenvalue weighted by atomic mass is 10.1. The first-order valence-electron chi connectivity index (χ1n) is 5.88. The molecule has 0 spiro atoms. The molecular weight excluding hydrogens is 335 g/mol. The number of hydrogen-bond donors (Lipinski definition) is 2. The molecule has 0 bridgehead atoms. The van der Waals surface area contributed by atoms with Crippen molar-refractivity contribution < 1.29 is 12.8 Å². The fourth-order valence-electron chi connectivity index (χ4n) is 1.96. The van der Waals surface area contributed by atoms with Crippen LogP contribution in [0.5, 0.6) is 0 Å². The van der Waals surface area contributed by atoms with E-state index in [2.05, 4.69) is 34.5 Å². The van der Waals surface area contributed by atoms with Crippen LogP contribution in [0.15, 0.2) is 21.5 Å². The Balaban J connectivity index is 2.18. The van der Waals surface area contributed by atoms with E-state index >= 15 is 0 Å². The Bertz CT molecular complexity index is 616. The number of sulfonamides is 1. The Labute approximate surface area is 120 Å². The van der Waals surface area contributed by atoms with Gasteiger partial charge in [-0.15, -0.1) is 0 Å². The molecule has 7 heteroatoms. The van der Waals surface area contributed by atoms with Crippen molar-refractivity contribution in [2.45, 2.75) is 25.2 Å². The molecule has 1 aliphatic rings. The van der Waals surface area contributed by atoms with Crippen LogP contribution in [-0.2, 0) is 10.0 Å². The van der Waals surface area contributed by atoms with Gasteiger partial charge in [-0.25, -0.2) is 17.5 Å². The average molecular weight is 351 g/mol. The molecule has 4 nitrogen and oxygen atoms in total. The van der Waals surface area contributed by atoms with E-state index in [4.69, 9.17) is 5.73 Å². The number of halogens is 2. The van der Waals surface area contributed by atoms with E-state index in [0.717, 1.165) is 18.6 Å². The smallest absolute Gasteiger partial charge is 0.241 e. The predicted molar refractivity (Wildman–Crippen MR) is 75.6 cm³/mol. The molecule has 1 fully saturated rings. The van der Waals surface area contributed by atoms with Gasteiger partial charge in [-0.1, -0.05) is 13.8 Å². The van der Waals surface area contributed by atoms with Crippen molar-refractivity contribution in [3.05, 3.63) is 22.4 Å². The highest BCUT2D eigenvalue weighted by Crippen LogP contribution is 2.51. The first-order chi connectivity index (χ1) is 8.63. The van der Waals surface area contributed by atoms with Gasteiger partial charge in [0.1, 0.15) is 5.82 Å². The molecule has 0 aliphatic heterocycles. The number of benzene rings is 1. The van der Waals surface area contributed by atoms with E-state index in [0.29, 0.717) is 12.5 Å². The Morgan fingerprint density at radius 1 is 1.53 bits per heavy atom. The van der Waals surface area contributed by atoms with Crippen LogP contribution >= 0.6 is 15.9 Å². The van der Waals surface area contributed by atoms with E-state index in [1.54, 1.807) is 0 Å². The number of anilines is 1. The zero-order valence-corrected chi connectivity index (χ0v) is 13.1. The summed E-state index contributed by atoms with van der Waals surface area (Å²) < 4.78 is 40.2. The van der Waals surface area contributed by atoms with Crippen molar-refractivity contribution in [3.8, 4) is 0 Å². The molecule has 3 N–H and O–H groups in total. The molecule has 106 valence electrons. The molecule has 2 rings (SSSR count). The van der Waals surface area contributed by atoms with Crippen LogP contribution in [-0.4, -0.2) is 15.0 Å². The maximum atomic E-state index is 13.2. The Morgan fingerprint density at radius 2 is 2.11 bits per heavy atom. The lowest BCUT2D eigenvalue weighted by Crippen LogP contribution is -2.27. The van der Waals surface area contributed by atoms with Gasteiger partial charge in [0, 0.05) is 11.0 Å². The monoisotopic (exact) mass is 350 g/mol. The largest absolute Gasteiger partial charge is 0.396 e. The van der Waals surface area contributed by atoms with E-state index in [1.165, 1.54) is 0 Å². The zero-order valence-electron chi connectivity index (χ0n) is 10.7. The molecule has 19 heavy (non-hydrogen) atoms. The third kappa shape index (κ3) is 3.09. The molecule has 0 radical (unpaired) electrons. The lowest BCUT2D eigenvalue weighted by Gasteiger charge is -2.10. The van der Waals surface area contributed by atoms with Crippen LogP contribution in [0.4, 0.5) is 10.1 Å². The minimum Gasteiger partial charge on any atom is -0.396 e. The van der Waals surface area contributed by atoms with Gasteiger partial charge in [0.2, 0.25) is 10.0 Å². The molecule has 0 amide bonds. The van der Waals surface area contributed by atoms with E-state index in [-0.39, 0.29) is 20.5 Å². The number of nitrogens with two attached hydrogens (primary N) is 1. The standard InChI is InChI=1S/C12H16BrFN2O2S/c1-12(2)5-7(12)6-16-19(17,18)11-4-10(15)9(14)3-8(11)13/h3-4,7,16H,5-6,15H2,1-2H3. The fraction of sp³-hybridized carbons (Fsp3) is 0.500. The van der Waals surface area contributed by atoms with Crippen LogP contribution in [0.3, 0.4) is 0 Å². The SMILES string of the molecule is CC1(C)CC1CNS(=O)(=O)c1cc(N)c(F)cc1Br. The summed E-state index contributed by atoms with van der Waals surface area (Å²) in [5.74, 6) is -0.298. The molecule has 1 aliphatic carbocycles. The Hall–Kier alpha value is -0.660. The van der Waals surface area contributed by atoms with Crippen LogP contribution in [0.1, 0.15) is 20.3 Å². The van der Waals surface area contributed by atoms with Crippen LogP contribution < -0.4 is 10.5 Å². The summed E-state index contributed by atoms with van der Waals surface area (Å²) in [4.78, 5) is -0.0372. The van der Waals surface area contributed by atoms with E-state index in [9.17, 15) is 12.8 Å². The van der Waals surface area contributed by atoms with Gasteiger partial charge < -0.3 is 5.73 Å². The third-order valence-electron chi connectivity index (χ3n) is 3.58.